The van der Waals surface area contributed by atoms with Crippen LogP contribution in [0.15, 0.2) is 59.3 Å². The largest absolute Gasteiger partial charge is 0.339 e. The molecule has 1 amide bonds. The molecule has 1 heterocycles. The molecule has 0 bridgehead atoms. The molecule has 0 aliphatic carbocycles. The van der Waals surface area contributed by atoms with Gasteiger partial charge in [-0.1, -0.05) is 34.1 Å². The molecule has 0 unspecified atom stereocenters. The van der Waals surface area contributed by atoms with Gasteiger partial charge in [-0.3, -0.25) is 4.79 Å². The highest BCUT2D eigenvalue weighted by Crippen LogP contribution is 2.21. The summed E-state index contributed by atoms with van der Waals surface area (Å²) in [6, 6.07) is 13.6. The van der Waals surface area contributed by atoms with E-state index in [1.807, 2.05) is 56.3 Å². The number of halogens is 1. The molecule has 6 heteroatoms. The summed E-state index contributed by atoms with van der Waals surface area (Å²) >= 11 is 3.41. The van der Waals surface area contributed by atoms with Crippen molar-refractivity contribution in [3.05, 3.63) is 76.2 Å². The molecule has 5 nitrogen and oxygen atoms in total. The first kappa shape index (κ1) is 17.1. The zero-order valence-corrected chi connectivity index (χ0v) is 15.5. The second kappa shape index (κ2) is 7.44. The monoisotopic (exact) mass is 396 g/mol. The number of para-hydroxylation sites is 1. The highest BCUT2D eigenvalue weighted by Gasteiger charge is 2.10. The summed E-state index contributed by atoms with van der Waals surface area (Å²) in [6.45, 7) is 3.94. The van der Waals surface area contributed by atoms with Gasteiger partial charge in [0, 0.05) is 15.8 Å². The molecule has 0 atom stereocenters. The molecule has 0 aliphatic heterocycles. The zero-order valence-electron chi connectivity index (χ0n) is 13.9. The molecular formula is C19H17BrN4O. The van der Waals surface area contributed by atoms with Gasteiger partial charge in [0.25, 0.3) is 5.91 Å². The lowest BCUT2D eigenvalue weighted by Gasteiger charge is -2.10. The summed E-state index contributed by atoms with van der Waals surface area (Å²) in [5.74, 6) is 0.297. The minimum atomic E-state index is -0.291. The van der Waals surface area contributed by atoms with Gasteiger partial charge in [-0.05, 0) is 49.2 Å². The average molecular weight is 397 g/mol. The molecule has 25 heavy (non-hydrogen) atoms. The van der Waals surface area contributed by atoms with Crippen LogP contribution in [-0.4, -0.2) is 15.9 Å². The van der Waals surface area contributed by atoms with E-state index in [-0.39, 0.29) is 11.6 Å². The summed E-state index contributed by atoms with van der Waals surface area (Å²) in [6.07, 6.45) is 3.01. The molecule has 126 valence electrons. The summed E-state index contributed by atoms with van der Waals surface area (Å²) in [5, 5.41) is 6.04. The van der Waals surface area contributed by atoms with Gasteiger partial charge in [-0.2, -0.15) is 0 Å². The number of hydrogen-bond donors (Lipinski definition) is 2. The Morgan fingerprint density at radius 2 is 1.76 bits per heavy atom. The van der Waals surface area contributed by atoms with E-state index >= 15 is 0 Å². The summed E-state index contributed by atoms with van der Waals surface area (Å²) < 4.78 is 0.967. The molecule has 3 aromatic rings. The predicted molar refractivity (Wildman–Crippen MR) is 103 cm³/mol. The van der Waals surface area contributed by atoms with Crippen LogP contribution in [0.3, 0.4) is 0 Å². The molecule has 0 radical (unpaired) electrons. The van der Waals surface area contributed by atoms with Crippen LogP contribution in [0.4, 0.5) is 17.2 Å². The van der Waals surface area contributed by atoms with E-state index < -0.39 is 0 Å². The minimum Gasteiger partial charge on any atom is -0.339 e. The number of aryl methyl sites for hydroxylation is 2. The topological polar surface area (TPSA) is 66.9 Å². The molecular weight excluding hydrogens is 380 g/mol. The number of anilines is 3. The van der Waals surface area contributed by atoms with Crippen LogP contribution in [0, 0.1) is 13.8 Å². The first-order valence-corrected chi connectivity index (χ1v) is 8.54. The molecule has 0 spiro atoms. The number of carbonyl (C=O) groups excluding carboxylic acids is 1. The quantitative estimate of drug-likeness (QED) is 0.661. The van der Waals surface area contributed by atoms with Crippen LogP contribution in [0.1, 0.15) is 21.6 Å². The molecule has 0 saturated carbocycles. The molecule has 0 fully saturated rings. The third-order valence-corrected chi connectivity index (χ3v) is 4.22. The number of benzene rings is 2. The molecule has 0 aliphatic rings. The van der Waals surface area contributed by atoms with Crippen molar-refractivity contribution in [1.29, 1.82) is 0 Å². The Morgan fingerprint density at radius 1 is 0.960 bits per heavy atom. The van der Waals surface area contributed by atoms with Crippen molar-refractivity contribution in [2.45, 2.75) is 13.8 Å². The van der Waals surface area contributed by atoms with Crippen molar-refractivity contribution >= 4 is 39.0 Å². The van der Waals surface area contributed by atoms with Crippen molar-refractivity contribution in [3.8, 4) is 0 Å². The summed E-state index contributed by atoms with van der Waals surface area (Å²) in [5.41, 5.74) is 4.04. The van der Waals surface area contributed by atoms with Crippen molar-refractivity contribution < 1.29 is 4.79 Å². The minimum absolute atomic E-state index is 0.262. The number of amides is 1. The van der Waals surface area contributed by atoms with E-state index in [2.05, 4.69) is 36.5 Å². The van der Waals surface area contributed by atoms with Crippen molar-refractivity contribution in [1.82, 2.24) is 9.97 Å². The van der Waals surface area contributed by atoms with Crippen molar-refractivity contribution in [2.75, 3.05) is 10.6 Å². The van der Waals surface area contributed by atoms with Gasteiger partial charge in [-0.15, -0.1) is 0 Å². The fourth-order valence-corrected chi connectivity index (χ4v) is 2.79. The van der Waals surface area contributed by atoms with Gasteiger partial charge in [0.2, 0.25) is 0 Å². The lowest BCUT2D eigenvalue weighted by molar-refractivity contribution is 0.102. The number of rotatable bonds is 4. The maximum atomic E-state index is 12.3. The molecule has 2 aromatic carbocycles. The van der Waals surface area contributed by atoms with Crippen LogP contribution < -0.4 is 10.6 Å². The van der Waals surface area contributed by atoms with Gasteiger partial charge in [0.05, 0.1) is 12.4 Å². The van der Waals surface area contributed by atoms with Crippen LogP contribution in [0.25, 0.3) is 0 Å². The fraction of sp³-hybridized carbons (Fsp3) is 0.105. The predicted octanol–water partition coefficient (Wildman–Crippen LogP) is 4.85. The Balaban J connectivity index is 1.71. The normalized spacial score (nSPS) is 10.4. The Hall–Kier alpha value is -2.73. The lowest BCUT2D eigenvalue weighted by Crippen LogP contribution is -2.15. The average Bonchev–Trinajstić information content (AvgIpc) is 2.60. The third kappa shape index (κ3) is 4.22. The van der Waals surface area contributed by atoms with Gasteiger partial charge < -0.3 is 10.6 Å². The first-order chi connectivity index (χ1) is 12.0. The second-order valence-corrected chi connectivity index (χ2v) is 6.56. The van der Waals surface area contributed by atoms with Crippen molar-refractivity contribution in [2.24, 2.45) is 0 Å². The molecule has 1 aromatic heterocycles. The Bertz CT molecular complexity index is 910. The SMILES string of the molecule is Cc1cc(Br)ccc1NC(=O)c1cnc(Nc2ccccc2C)cn1. The Kier molecular flexibility index (Phi) is 5.09. The maximum Gasteiger partial charge on any atom is 0.275 e. The van der Waals surface area contributed by atoms with Gasteiger partial charge in [0.1, 0.15) is 11.5 Å². The van der Waals surface area contributed by atoms with E-state index in [0.717, 1.165) is 27.0 Å². The summed E-state index contributed by atoms with van der Waals surface area (Å²) in [7, 11) is 0. The van der Waals surface area contributed by atoms with Gasteiger partial charge in [0.15, 0.2) is 0 Å². The standard InChI is InChI=1S/C19H17BrN4O/c1-12-5-3-4-6-15(12)23-18-11-21-17(10-22-18)19(25)24-16-8-7-14(20)9-13(16)2/h3-11H,1-2H3,(H,22,23)(H,24,25). The van der Waals surface area contributed by atoms with Crippen LogP contribution >= 0.6 is 15.9 Å². The van der Waals surface area contributed by atoms with Crippen LogP contribution in [-0.2, 0) is 0 Å². The number of carbonyl (C=O) groups is 1. The number of nitrogens with zero attached hydrogens (tertiary/aromatic N) is 2. The Morgan fingerprint density at radius 3 is 2.44 bits per heavy atom. The van der Waals surface area contributed by atoms with Crippen LogP contribution in [0.5, 0.6) is 0 Å². The van der Waals surface area contributed by atoms with E-state index in [9.17, 15) is 4.79 Å². The van der Waals surface area contributed by atoms with E-state index in [1.165, 1.54) is 6.20 Å². The molecule has 0 saturated heterocycles. The van der Waals surface area contributed by atoms with E-state index in [4.69, 9.17) is 0 Å². The Labute approximate surface area is 154 Å². The zero-order chi connectivity index (χ0) is 17.8. The van der Waals surface area contributed by atoms with E-state index in [1.54, 1.807) is 6.20 Å². The van der Waals surface area contributed by atoms with Crippen molar-refractivity contribution in [3.63, 3.8) is 0 Å². The highest BCUT2D eigenvalue weighted by atomic mass is 79.9. The lowest BCUT2D eigenvalue weighted by atomic mass is 10.2. The summed E-state index contributed by atoms with van der Waals surface area (Å²) in [4.78, 5) is 20.8. The maximum absolute atomic E-state index is 12.3. The van der Waals surface area contributed by atoms with Gasteiger partial charge >= 0.3 is 0 Å². The number of hydrogen-bond acceptors (Lipinski definition) is 4. The highest BCUT2D eigenvalue weighted by molar-refractivity contribution is 9.10. The third-order valence-electron chi connectivity index (χ3n) is 3.73. The van der Waals surface area contributed by atoms with Crippen LogP contribution in [0.2, 0.25) is 0 Å². The number of aromatic nitrogens is 2. The molecule has 3 rings (SSSR count). The first-order valence-electron chi connectivity index (χ1n) is 7.75. The van der Waals surface area contributed by atoms with Gasteiger partial charge in [-0.25, -0.2) is 9.97 Å². The van der Waals surface area contributed by atoms with E-state index in [0.29, 0.717) is 5.82 Å². The second-order valence-electron chi connectivity index (χ2n) is 5.64. The smallest absolute Gasteiger partial charge is 0.275 e. The fourth-order valence-electron chi connectivity index (χ4n) is 2.31. The molecule has 2 N–H and O–H groups in total. The number of nitrogens with one attached hydrogen (secondary N) is 2.